The molecule has 0 spiro atoms. The van der Waals surface area contributed by atoms with E-state index in [2.05, 4.69) is 10.3 Å². The van der Waals surface area contributed by atoms with E-state index in [4.69, 9.17) is 11.6 Å². The molecule has 2 N–H and O–H groups in total. The minimum Gasteiger partial charge on any atom is -0.341 e. The smallest absolute Gasteiger partial charge is 0.251 e. The number of pyridine rings is 1. The monoisotopic (exact) mass is 522 g/mol. The number of amides is 1. The van der Waals surface area contributed by atoms with Crippen LogP contribution in [-0.2, 0) is 11.2 Å². The number of halogens is 1. The number of nitrogens with one attached hydrogen (secondary N) is 2. The SMILES string of the molecule is O=C(NC(Cc1cc(=O)[nH]c2ccccc12)C(=O)SCCSc1ccccc1)c1ccc(Cl)cc1. The highest BCUT2D eigenvalue weighted by atomic mass is 35.5. The molecule has 4 aromatic rings. The normalized spacial score (nSPS) is 11.8. The van der Waals surface area contributed by atoms with Crippen molar-refractivity contribution in [1.29, 1.82) is 0 Å². The molecular formula is C27H23ClN2O3S2. The first-order valence-electron chi connectivity index (χ1n) is 11.0. The topological polar surface area (TPSA) is 79.0 Å². The van der Waals surface area contributed by atoms with Gasteiger partial charge in [0.2, 0.25) is 10.7 Å². The highest BCUT2D eigenvalue weighted by Gasteiger charge is 2.23. The summed E-state index contributed by atoms with van der Waals surface area (Å²) in [7, 11) is 0. The van der Waals surface area contributed by atoms with E-state index in [1.54, 1.807) is 36.0 Å². The van der Waals surface area contributed by atoms with E-state index in [1.807, 2.05) is 54.6 Å². The van der Waals surface area contributed by atoms with Crippen molar-refractivity contribution in [3.05, 3.63) is 111 Å². The van der Waals surface area contributed by atoms with Crippen molar-refractivity contribution in [3.63, 3.8) is 0 Å². The van der Waals surface area contributed by atoms with Gasteiger partial charge in [-0.25, -0.2) is 0 Å². The summed E-state index contributed by atoms with van der Waals surface area (Å²) in [6.45, 7) is 0. The van der Waals surface area contributed by atoms with Gasteiger partial charge in [-0.05, 0) is 48.0 Å². The van der Waals surface area contributed by atoms with Crippen molar-refractivity contribution >= 4 is 57.1 Å². The molecule has 8 heteroatoms. The van der Waals surface area contributed by atoms with E-state index in [-0.39, 0.29) is 23.0 Å². The fraction of sp³-hybridized carbons (Fsp3) is 0.148. The Morgan fingerprint density at radius 3 is 2.40 bits per heavy atom. The van der Waals surface area contributed by atoms with Crippen molar-refractivity contribution in [2.75, 3.05) is 11.5 Å². The van der Waals surface area contributed by atoms with Crippen LogP contribution >= 0.6 is 35.1 Å². The molecule has 1 unspecified atom stereocenters. The van der Waals surface area contributed by atoms with Gasteiger partial charge in [0.25, 0.3) is 5.91 Å². The Kier molecular flexibility index (Phi) is 8.69. The highest BCUT2D eigenvalue weighted by molar-refractivity contribution is 8.14. The molecule has 178 valence electrons. The maximum atomic E-state index is 13.2. The van der Waals surface area contributed by atoms with Crippen molar-refractivity contribution in [2.45, 2.75) is 17.4 Å². The van der Waals surface area contributed by atoms with Gasteiger partial charge >= 0.3 is 0 Å². The number of rotatable bonds is 9. The number of hydrogen-bond donors (Lipinski definition) is 2. The van der Waals surface area contributed by atoms with Gasteiger partial charge in [-0.3, -0.25) is 14.4 Å². The number of H-pyrrole nitrogens is 1. The number of aromatic nitrogens is 1. The molecule has 3 aromatic carbocycles. The molecule has 1 atom stereocenters. The van der Waals surface area contributed by atoms with E-state index in [0.29, 0.717) is 27.4 Å². The van der Waals surface area contributed by atoms with E-state index >= 15 is 0 Å². The van der Waals surface area contributed by atoms with Crippen LogP contribution in [0.1, 0.15) is 15.9 Å². The largest absolute Gasteiger partial charge is 0.341 e. The predicted molar refractivity (Wildman–Crippen MR) is 146 cm³/mol. The molecule has 35 heavy (non-hydrogen) atoms. The number of carbonyl (C=O) groups excluding carboxylic acids is 2. The molecule has 0 bridgehead atoms. The summed E-state index contributed by atoms with van der Waals surface area (Å²) >= 11 is 8.81. The number of thioether (sulfide) groups is 2. The zero-order valence-electron chi connectivity index (χ0n) is 18.7. The fourth-order valence-corrected chi connectivity index (χ4v) is 5.54. The van der Waals surface area contributed by atoms with Gasteiger partial charge in [0.1, 0.15) is 6.04 Å². The third-order valence-electron chi connectivity index (χ3n) is 5.30. The number of hydrogen-bond acceptors (Lipinski definition) is 5. The second kappa shape index (κ2) is 12.1. The van der Waals surface area contributed by atoms with E-state index in [0.717, 1.165) is 16.0 Å². The Labute approximate surface area is 216 Å². The Morgan fingerprint density at radius 2 is 1.63 bits per heavy atom. The lowest BCUT2D eigenvalue weighted by atomic mass is 10.0. The van der Waals surface area contributed by atoms with Crippen molar-refractivity contribution in [2.24, 2.45) is 0 Å². The molecule has 0 radical (unpaired) electrons. The minimum atomic E-state index is -0.796. The lowest BCUT2D eigenvalue weighted by molar-refractivity contribution is -0.112. The summed E-state index contributed by atoms with van der Waals surface area (Å²) in [4.78, 5) is 42.3. The molecular weight excluding hydrogens is 500 g/mol. The summed E-state index contributed by atoms with van der Waals surface area (Å²) < 4.78 is 0. The molecule has 1 aromatic heterocycles. The first-order chi connectivity index (χ1) is 17.0. The third-order valence-corrected chi connectivity index (χ3v) is 7.80. The second-order valence-electron chi connectivity index (χ2n) is 7.77. The van der Waals surface area contributed by atoms with Crippen LogP contribution < -0.4 is 10.9 Å². The van der Waals surface area contributed by atoms with Crippen molar-refractivity contribution in [3.8, 4) is 0 Å². The fourth-order valence-electron chi connectivity index (χ4n) is 3.62. The molecule has 0 saturated carbocycles. The Bertz CT molecular complexity index is 1370. The van der Waals surface area contributed by atoms with Crippen LogP contribution in [0.4, 0.5) is 0 Å². The van der Waals surface area contributed by atoms with Crippen LogP contribution in [0.25, 0.3) is 10.9 Å². The summed E-state index contributed by atoms with van der Waals surface area (Å²) in [5.74, 6) is 0.988. The zero-order chi connectivity index (χ0) is 24.6. The Balaban J connectivity index is 1.51. The Hall–Kier alpha value is -3.00. The molecule has 5 nitrogen and oxygen atoms in total. The average molecular weight is 523 g/mol. The van der Waals surface area contributed by atoms with Gasteiger partial charge in [0.05, 0.1) is 0 Å². The lowest BCUT2D eigenvalue weighted by Gasteiger charge is -2.18. The van der Waals surface area contributed by atoms with Crippen LogP contribution in [-0.4, -0.2) is 33.6 Å². The zero-order valence-corrected chi connectivity index (χ0v) is 21.1. The van der Waals surface area contributed by atoms with Crippen LogP contribution in [0.15, 0.2) is 94.6 Å². The summed E-state index contributed by atoms with van der Waals surface area (Å²) in [6, 6.07) is 24.6. The van der Waals surface area contributed by atoms with Gasteiger partial charge < -0.3 is 10.3 Å². The summed E-state index contributed by atoms with van der Waals surface area (Å²) in [5, 5.41) is 4.09. The van der Waals surface area contributed by atoms with E-state index < -0.39 is 6.04 Å². The number of aromatic amines is 1. The highest BCUT2D eigenvalue weighted by Crippen LogP contribution is 2.22. The van der Waals surface area contributed by atoms with Crippen LogP contribution in [0.3, 0.4) is 0 Å². The maximum Gasteiger partial charge on any atom is 0.251 e. The number of fused-ring (bicyclic) bond motifs is 1. The molecule has 1 amide bonds. The Morgan fingerprint density at radius 1 is 0.914 bits per heavy atom. The van der Waals surface area contributed by atoms with Gasteiger partial charge in [0, 0.05) is 50.4 Å². The molecule has 0 aliphatic heterocycles. The van der Waals surface area contributed by atoms with Crippen molar-refractivity contribution in [1.82, 2.24) is 10.3 Å². The van der Waals surface area contributed by atoms with Crippen molar-refractivity contribution < 1.29 is 9.59 Å². The lowest BCUT2D eigenvalue weighted by Crippen LogP contribution is -2.41. The first-order valence-corrected chi connectivity index (χ1v) is 13.4. The van der Waals surface area contributed by atoms with Gasteiger partial charge in [0.15, 0.2) is 0 Å². The van der Waals surface area contributed by atoms with Crippen LogP contribution in [0, 0.1) is 0 Å². The van der Waals surface area contributed by atoms with E-state index in [9.17, 15) is 14.4 Å². The second-order valence-corrected chi connectivity index (χ2v) is 10.5. The minimum absolute atomic E-state index is 0.148. The molecule has 0 aliphatic carbocycles. The van der Waals surface area contributed by atoms with Gasteiger partial charge in [-0.2, -0.15) is 0 Å². The number of carbonyl (C=O) groups is 2. The summed E-state index contributed by atoms with van der Waals surface area (Å²) in [5.41, 5.74) is 1.56. The maximum absolute atomic E-state index is 13.2. The summed E-state index contributed by atoms with van der Waals surface area (Å²) in [6.07, 6.45) is 0.210. The van der Waals surface area contributed by atoms with Crippen LogP contribution in [0.5, 0.6) is 0 Å². The number of benzene rings is 3. The van der Waals surface area contributed by atoms with E-state index in [1.165, 1.54) is 17.8 Å². The first kappa shape index (κ1) is 25.1. The average Bonchev–Trinajstić information content (AvgIpc) is 2.87. The quantitative estimate of drug-likeness (QED) is 0.222. The van der Waals surface area contributed by atoms with Gasteiger partial charge in [-0.1, -0.05) is 59.8 Å². The predicted octanol–water partition coefficient (Wildman–Crippen LogP) is 5.57. The molecule has 0 saturated heterocycles. The number of para-hydroxylation sites is 1. The van der Waals surface area contributed by atoms with Gasteiger partial charge in [-0.15, -0.1) is 11.8 Å². The molecule has 4 rings (SSSR count). The molecule has 0 fully saturated rings. The standard InChI is InChI=1S/C27H23ClN2O3S2/c28-20-12-10-18(11-13-20)26(32)30-24(27(33)35-15-14-34-21-6-2-1-3-7-21)16-19-17-25(31)29-23-9-5-4-8-22(19)23/h1-13,17,24H,14-16H2,(H,29,31)(H,30,32). The van der Waals surface area contributed by atoms with Crippen LogP contribution in [0.2, 0.25) is 5.02 Å². The molecule has 1 heterocycles. The molecule has 0 aliphatic rings. The third kappa shape index (κ3) is 7.01.